The van der Waals surface area contributed by atoms with Crippen molar-refractivity contribution in [3.63, 3.8) is 0 Å². The largest absolute Gasteiger partial charge is 0.497 e. The summed E-state index contributed by atoms with van der Waals surface area (Å²) >= 11 is 0. The molecule has 0 spiro atoms. The summed E-state index contributed by atoms with van der Waals surface area (Å²) in [6, 6.07) is 12.0. The summed E-state index contributed by atoms with van der Waals surface area (Å²) in [5.41, 5.74) is 3.94. The van der Waals surface area contributed by atoms with Crippen LogP contribution in [0.15, 0.2) is 36.4 Å². The number of fused-ring (bicyclic) bond motifs is 1. The van der Waals surface area contributed by atoms with Gasteiger partial charge in [0, 0.05) is 82.3 Å². The Hall–Kier alpha value is -3.46. The van der Waals surface area contributed by atoms with Crippen molar-refractivity contribution in [3.8, 4) is 11.5 Å². The first-order valence-electron chi connectivity index (χ1n) is 13.1. The molecule has 0 aliphatic carbocycles. The van der Waals surface area contributed by atoms with Crippen LogP contribution in [0.1, 0.15) is 18.9 Å². The second-order valence-corrected chi connectivity index (χ2v) is 10.1. The smallest absolute Gasteiger partial charge is 0.265 e. The molecule has 1 atom stereocenters. The fourth-order valence-electron chi connectivity index (χ4n) is 5.30. The molecule has 2 aromatic rings. The molecule has 0 saturated carbocycles. The maximum absolute atomic E-state index is 13.2. The lowest BCUT2D eigenvalue weighted by Crippen LogP contribution is -2.48. The van der Waals surface area contributed by atoms with Gasteiger partial charge in [-0.2, -0.15) is 0 Å². The quantitative estimate of drug-likeness (QED) is 0.666. The van der Waals surface area contributed by atoms with E-state index >= 15 is 0 Å². The summed E-state index contributed by atoms with van der Waals surface area (Å²) < 4.78 is 11.9. The third kappa shape index (κ3) is 5.61. The van der Waals surface area contributed by atoms with Crippen molar-refractivity contribution < 1.29 is 19.1 Å². The number of piperazine rings is 2. The minimum Gasteiger partial charge on any atom is -0.497 e. The van der Waals surface area contributed by atoms with Crippen molar-refractivity contribution in [2.75, 3.05) is 81.6 Å². The average Bonchev–Trinajstić information content (AvgIpc) is 2.93. The SMILES string of the molecule is COc1cc2c(c(N3CCN(C)CC3)c1)OC(C(=O)Nc1ccc(N3CCN(C(C)=O)CC3)cc1)CC2. The van der Waals surface area contributed by atoms with Crippen molar-refractivity contribution in [1.29, 1.82) is 0 Å². The number of amides is 2. The van der Waals surface area contributed by atoms with Gasteiger partial charge in [-0.05, 0) is 50.2 Å². The first-order valence-corrected chi connectivity index (χ1v) is 13.1. The molecule has 2 amide bonds. The summed E-state index contributed by atoms with van der Waals surface area (Å²) in [4.78, 5) is 33.5. The average molecular weight is 508 g/mol. The number of nitrogens with zero attached hydrogens (tertiary/aromatic N) is 4. The van der Waals surface area contributed by atoms with Gasteiger partial charge >= 0.3 is 0 Å². The fraction of sp³-hybridized carbons (Fsp3) is 0.500. The van der Waals surface area contributed by atoms with Gasteiger partial charge in [0.2, 0.25) is 5.91 Å². The second kappa shape index (κ2) is 10.9. The van der Waals surface area contributed by atoms with Gasteiger partial charge < -0.3 is 34.4 Å². The molecule has 2 saturated heterocycles. The number of hydrogen-bond acceptors (Lipinski definition) is 7. The van der Waals surface area contributed by atoms with E-state index in [9.17, 15) is 9.59 Å². The monoisotopic (exact) mass is 507 g/mol. The second-order valence-electron chi connectivity index (χ2n) is 10.1. The molecular formula is C28H37N5O4. The van der Waals surface area contributed by atoms with Crippen LogP contribution in [0.3, 0.4) is 0 Å². The van der Waals surface area contributed by atoms with Crippen LogP contribution in [0.25, 0.3) is 0 Å². The van der Waals surface area contributed by atoms with Crippen molar-refractivity contribution in [3.05, 3.63) is 42.0 Å². The third-order valence-electron chi connectivity index (χ3n) is 7.65. The first-order chi connectivity index (χ1) is 17.9. The van der Waals surface area contributed by atoms with Crippen LogP contribution in [-0.4, -0.2) is 94.2 Å². The highest BCUT2D eigenvalue weighted by Crippen LogP contribution is 2.41. The highest BCUT2D eigenvalue weighted by Gasteiger charge is 2.31. The molecule has 0 aromatic heterocycles. The molecule has 9 heteroatoms. The highest BCUT2D eigenvalue weighted by atomic mass is 16.5. The topological polar surface area (TPSA) is 77.6 Å². The molecule has 9 nitrogen and oxygen atoms in total. The Morgan fingerprint density at radius 3 is 2.27 bits per heavy atom. The number of benzene rings is 2. The molecule has 3 aliphatic heterocycles. The number of anilines is 3. The normalized spacial score (nSPS) is 20.2. The van der Waals surface area contributed by atoms with Crippen molar-refractivity contribution in [2.45, 2.75) is 25.9 Å². The van der Waals surface area contributed by atoms with Gasteiger partial charge in [-0.15, -0.1) is 0 Å². The number of hydrogen-bond donors (Lipinski definition) is 1. The summed E-state index contributed by atoms with van der Waals surface area (Å²) in [5.74, 6) is 1.62. The number of ether oxygens (including phenoxy) is 2. The zero-order chi connectivity index (χ0) is 25.9. The number of likely N-dealkylation sites (N-methyl/N-ethyl adjacent to an activating group) is 1. The van der Waals surface area contributed by atoms with E-state index in [0.717, 1.165) is 92.9 Å². The van der Waals surface area contributed by atoms with Crippen LogP contribution >= 0.6 is 0 Å². The predicted molar refractivity (Wildman–Crippen MR) is 145 cm³/mol. The van der Waals surface area contributed by atoms with Crippen LogP contribution in [0.5, 0.6) is 11.5 Å². The Morgan fingerprint density at radius 2 is 1.62 bits per heavy atom. The number of rotatable bonds is 5. The van der Waals surface area contributed by atoms with Gasteiger partial charge in [-0.1, -0.05) is 0 Å². The maximum Gasteiger partial charge on any atom is 0.265 e. The van der Waals surface area contributed by atoms with E-state index in [-0.39, 0.29) is 11.8 Å². The molecule has 3 heterocycles. The fourth-order valence-corrected chi connectivity index (χ4v) is 5.30. The molecular weight excluding hydrogens is 470 g/mol. The lowest BCUT2D eigenvalue weighted by Gasteiger charge is -2.37. The number of carbonyl (C=O) groups excluding carboxylic acids is 2. The number of methoxy groups -OCH3 is 1. The molecule has 2 aromatic carbocycles. The van der Waals surface area contributed by atoms with Gasteiger partial charge in [0.05, 0.1) is 12.8 Å². The van der Waals surface area contributed by atoms with E-state index in [0.29, 0.717) is 6.42 Å². The van der Waals surface area contributed by atoms with Crippen molar-refractivity contribution in [2.24, 2.45) is 0 Å². The molecule has 1 unspecified atom stereocenters. The van der Waals surface area contributed by atoms with Crippen molar-refractivity contribution in [1.82, 2.24) is 9.80 Å². The van der Waals surface area contributed by atoms with E-state index in [1.165, 1.54) is 0 Å². The molecule has 3 aliphatic rings. The van der Waals surface area contributed by atoms with Crippen molar-refractivity contribution >= 4 is 28.9 Å². The third-order valence-corrected chi connectivity index (χ3v) is 7.65. The molecule has 0 radical (unpaired) electrons. The van der Waals surface area contributed by atoms with Crippen LogP contribution in [0.2, 0.25) is 0 Å². The van der Waals surface area contributed by atoms with Gasteiger partial charge in [-0.25, -0.2) is 0 Å². The van der Waals surface area contributed by atoms with Gasteiger partial charge in [0.15, 0.2) is 6.10 Å². The molecule has 2 fully saturated rings. The molecule has 0 bridgehead atoms. The highest BCUT2D eigenvalue weighted by molar-refractivity contribution is 5.95. The number of aryl methyl sites for hydroxylation is 1. The Balaban J connectivity index is 1.24. The van der Waals surface area contributed by atoms with E-state index in [1.807, 2.05) is 41.3 Å². The van der Waals surface area contributed by atoms with E-state index < -0.39 is 6.10 Å². The Bertz CT molecular complexity index is 1120. The van der Waals surface area contributed by atoms with Crippen LogP contribution < -0.4 is 24.6 Å². The summed E-state index contributed by atoms with van der Waals surface area (Å²) in [5, 5.41) is 3.04. The minimum atomic E-state index is -0.550. The maximum atomic E-state index is 13.2. The minimum absolute atomic E-state index is 0.125. The predicted octanol–water partition coefficient (Wildman–Crippen LogP) is 2.45. The molecule has 1 N–H and O–H groups in total. The lowest BCUT2D eigenvalue weighted by atomic mass is 9.99. The van der Waals surface area contributed by atoms with Gasteiger partial charge in [-0.3, -0.25) is 9.59 Å². The summed E-state index contributed by atoms with van der Waals surface area (Å²) in [7, 11) is 3.82. The summed E-state index contributed by atoms with van der Waals surface area (Å²) in [6.07, 6.45) is 0.829. The number of nitrogens with one attached hydrogen (secondary N) is 1. The zero-order valence-corrected chi connectivity index (χ0v) is 22.0. The molecule has 37 heavy (non-hydrogen) atoms. The van der Waals surface area contributed by atoms with Crippen LogP contribution in [-0.2, 0) is 16.0 Å². The van der Waals surface area contributed by atoms with E-state index in [2.05, 4.69) is 27.1 Å². The Morgan fingerprint density at radius 1 is 0.946 bits per heavy atom. The van der Waals surface area contributed by atoms with Crippen LogP contribution in [0, 0.1) is 0 Å². The lowest BCUT2D eigenvalue weighted by molar-refractivity contribution is -0.129. The van der Waals surface area contributed by atoms with Gasteiger partial charge in [0.1, 0.15) is 11.5 Å². The standard InChI is InChI=1S/C28H37N5O4/c1-20(34)31-14-16-32(17-15-31)23-7-5-22(6-8-23)29-28(35)26-9-4-21-18-24(36-3)19-25(27(21)37-26)33-12-10-30(2)11-13-33/h5-8,18-19,26H,4,9-17H2,1-3H3,(H,29,35). The molecule has 198 valence electrons. The number of carbonyl (C=O) groups is 2. The summed E-state index contributed by atoms with van der Waals surface area (Å²) in [6.45, 7) is 8.48. The van der Waals surface area contributed by atoms with Crippen LogP contribution in [0.4, 0.5) is 17.1 Å². The Labute approximate surface area is 218 Å². The Kier molecular flexibility index (Phi) is 7.41. The van der Waals surface area contributed by atoms with Gasteiger partial charge in [0.25, 0.3) is 5.91 Å². The van der Waals surface area contributed by atoms with E-state index in [1.54, 1.807) is 14.0 Å². The molecule has 5 rings (SSSR count). The van der Waals surface area contributed by atoms with E-state index in [4.69, 9.17) is 9.47 Å². The first kappa shape index (κ1) is 25.2. The zero-order valence-electron chi connectivity index (χ0n) is 22.0.